The number of aryl methyl sites for hydroxylation is 1. The summed E-state index contributed by atoms with van der Waals surface area (Å²) in [6.07, 6.45) is 0.980. The SMILES string of the molecule is Cc1cc(NC(=O)C2CCN(C(=O)c3ccc(Nc4ccccc4)c([N+](=O)[O-])c3)CC2)no1. The van der Waals surface area contributed by atoms with Gasteiger partial charge >= 0.3 is 0 Å². The molecule has 2 N–H and O–H groups in total. The Morgan fingerprint density at radius 1 is 1.12 bits per heavy atom. The predicted molar refractivity (Wildman–Crippen MR) is 121 cm³/mol. The largest absolute Gasteiger partial charge is 0.360 e. The number of nitro benzene ring substituents is 1. The predicted octanol–water partition coefficient (Wildman–Crippen LogP) is 4.13. The van der Waals surface area contributed by atoms with E-state index in [4.69, 9.17) is 4.52 Å². The zero-order valence-corrected chi connectivity index (χ0v) is 18.0. The molecule has 1 aromatic heterocycles. The number of nitrogens with zero attached hydrogens (tertiary/aromatic N) is 3. The zero-order valence-electron chi connectivity index (χ0n) is 18.0. The lowest BCUT2D eigenvalue weighted by Crippen LogP contribution is -2.41. The van der Waals surface area contributed by atoms with Gasteiger partial charge < -0.3 is 20.1 Å². The molecule has 1 fully saturated rings. The smallest absolute Gasteiger partial charge is 0.293 e. The molecule has 0 aliphatic carbocycles. The van der Waals surface area contributed by atoms with Gasteiger partial charge in [-0.1, -0.05) is 23.4 Å². The number of nitrogens with one attached hydrogen (secondary N) is 2. The molecule has 1 aliphatic heterocycles. The molecule has 2 amide bonds. The molecule has 1 saturated heterocycles. The van der Waals surface area contributed by atoms with Gasteiger partial charge in [-0.2, -0.15) is 0 Å². The molecule has 2 aromatic carbocycles. The second-order valence-corrected chi connectivity index (χ2v) is 7.86. The fourth-order valence-corrected chi connectivity index (χ4v) is 3.78. The van der Waals surface area contributed by atoms with Crippen molar-refractivity contribution >= 4 is 34.7 Å². The highest BCUT2D eigenvalue weighted by Crippen LogP contribution is 2.30. The summed E-state index contributed by atoms with van der Waals surface area (Å²) in [6.45, 7) is 2.50. The van der Waals surface area contributed by atoms with Crippen LogP contribution in [-0.2, 0) is 4.79 Å². The number of carbonyl (C=O) groups is 2. The zero-order chi connectivity index (χ0) is 23.4. The number of anilines is 3. The first-order chi connectivity index (χ1) is 15.9. The van der Waals surface area contributed by atoms with Gasteiger partial charge in [-0.05, 0) is 44.0 Å². The second-order valence-electron chi connectivity index (χ2n) is 7.86. The molecule has 0 atom stereocenters. The van der Waals surface area contributed by atoms with E-state index in [1.54, 1.807) is 42.2 Å². The number of benzene rings is 2. The molecule has 0 unspecified atom stereocenters. The summed E-state index contributed by atoms with van der Waals surface area (Å²) in [4.78, 5) is 38.2. The van der Waals surface area contributed by atoms with Crippen LogP contribution in [0.4, 0.5) is 22.9 Å². The van der Waals surface area contributed by atoms with Crippen molar-refractivity contribution in [3.05, 3.63) is 76.0 Å². The lowest BCUT2D eigenvalue weighted by atomic mass is 9.95. The van der Waals surface area contributed by atoms with E-state index in [0.29, 0.717) is 48.9 Å². The molecule has 10 heteroatoms. The maximum absolute atomic E-state index is 13.0. The number of piperidine rings is 1. The van der Waals surface area contributed by atoms with Crippen LogP contribution in [0.1, 0.15) is 29.0 Å². The van der Waals surface area contributed by atoms with E-state index >= 15 is 0 Å². The van der Waals surface area contributed by atoms with E-state index in [-0.39, 0.29) is 29.0 Å². The summed E-state index contributed by atoms with van der Waals surface area (Å²) in [5.41, 5.74) is 1.07. The Morgan fingerprint density at radius 3 is 2.48 bits per heavy atom. The highest BCUT2D eigenvalue weighted by molar-refractivity contribution is 5.96. The number of para-hydroxylation sites is 1. The number of amides is 2. The van der Waals surface area contributed by atoms with Gasteiger partial charge in [0.05, 0.1) is 4.92 Å². The van der Waals surface area contributed by atoms with Crippen molar-refractivity contribution in [1.29, 1.82) is 0 Å². The van der Waals surface area contributed by atoms with Crippen LogP contribution in [0.15, 0.2) is 59.1 Å². The lowest BCUT2D eigenvalue weighted by molar-refractivity contribution is -0.383. The molecular weight excluding hydrogens is 426 g/mol. The van der Waals surface area contributed by atoms with Crippen molar-refractivity contribution in [3.63, 3.8) is 0 Å². The van der Waals surface area contributed by atoms with E-state index in [1.165, 1.54) is 6.07 Å². The molecule has 0 saturated carbocycles. The van der Waals surface area contributed by atoms with Crippen LogP contribution >= 0.6 is 0 Å². The molecule has 33 heavy (non-hydrogen) atoms. The van der Waals surface area contributed by atoms with Crippen molar-refractivity contribution < 1.29 is 19.0 Å². The van der Waals surface area contributed by atoms with Gasteiger partial charge in [0.2, 0.25) is 5.91 Å². The average Bonchev–Trinajstić information content (AvgIpc) is 3.24. The van der Waals surface area contributed by atoms with Crippen LogP contribution in [0, 0.1) is 23.0 Å². The van der Waals surface area contributed by atoms with Crippen LogP contribution in [0.5, 0.6) is 0 Å². The number of carbonyl (C=O) groups excluding carboxylic acids is 2. The van der Waals surface area contributed by atoms with E-state index in [0.717, 1.165) is 0 Å². The molecule has 10 nitrogen and oxygen atoms in total. The van der Waals surface area contributed by atoms with Crippen molar-refractivity contribution in [3.8, 4) is 0 Å². The molecule has 4 rings (SSSR count). The average molecular weight is 449 g/mol. The highest BCUT2D eigenvalue weighted by Gasteiger charge is 2.29. The third kappa shape index (κ3) is 5.17. The van der Waals surface area contributed by atoms with E-state index in [1.807, 2.05) is 18.2 Å². The Balaban J connectivity index is 1.40. The Kier molecular flexibility index (Phi) is 6.34. The fourth-order valence-electron chi connectivity index (χ4n) is 3.78. The monoisotopic (exact) mass is 449 g/mol. The van der Waals surface area contributed by atoms with Gasteiger partial charge in [-0.3, -0.25) is 19.7 Å². The summed E-state index contributed by atoms with van der Waals surface area (Å²) in [5, 5.41) is 21.1. The normalized spacial score (nSPS) is 14.0. The Hall–Kier alpha value is -4.21. The topological polar surface area (TPSA) is 131 Å². The van der Waals surface area contributed by atoms with E-state index < -0.39 is 4.92 Å². The molecule has 0 bridgehead atoms. The molecular formula is C23H23N5O5. The third-order valence-corrected chi connectivity index (χ3v) is 5.53. The minimum absolute atomic E-state index is 0.164. The van der Waals surface area contributed by atoms with Crippen molar-refractivity contribution in [2.24, 2.45) is 5.92 Å². The van der Waals surface area contributed by atoms with E-state index in [9.17, 15) is 19.7 Å². The minimum Gasteiger partial charge on any atom is -0.360 e. The lowest BCUT2D eigenvalue weighted by Gasteiger charge is -2.31. The maximum Gasteiger partial charge on any atom is 0.293 e. The van der Waals surface area contributed by atoms with Gasteiger partial charge in [0.1, 0.15) is 11.4 Å². The van der Waals surface area contributed by atoms with Crippen LogP contribution in [0.2, 0.25) is 0 Å². The van der Waals surface area contributed by atoms with Gasteiger partial charge in [0.15, 0.2) is 5.82 Å². The van der Waals surface area contributed by atoms with Crippen LogP contribution in [0.3, 0.4) is 0 Å². The van der Waals surface area contributed by atoms with Crippen LogP contribution in [0.25, 0.3) is 0 Å². The summed E-state index contributed by atoms with van der Waals surface area (Å²) < 4.78 is 4.95. The number of likely N-dealkylation sites (tertiary alicyclic amines) is 1. The number of nitro groups is 1. The molecule has 0 spiro atoms. The number of rotatable bonds is 6. The second kappa shape index (κ2) is 9.51. The first-order valence-corrected chi connectivity index (χ1v) is 10.5. The van der Waals surface area contributed by atoms with Gasteiger partial charge in [0, 0.05) is 42.4 Å². The highest BCUT2D eigenvalue weighted by atomic mass is 16.6. The quantitative estimate of drug-likeness (QED) is 0.427. The molecule has 2 heterocycles. The van der Waals surface area contributed by atoms with Crippen LogP contribution < -0.4 is 10.6 Å². The van der Waals surface area contributed by atoms with Gasteiger partial charge in [-0.15, -0.1) is 0 Å². The first kappa shape index (κ1) is 22.0. The molecule has 1 aliphatic rings. The van der Waals surface area contributed by atoms with Crippen molar-refractivity contribution in [2.45, 2.75) is 19.8 Å². The number of hydrogen-bond acceptors (Lipinski definition) is 7. The fraction of sp³-hybridized carbons (Fsp3) is 0.261. The summed E-state index contributed by atoms with van der Waals surface area (Å²) in [6, 6.07) is 15.1. The maximum atomic E-state index is 13.0. The van der Waals surface area contributed by atoms with Gasteiger partial charge in [0.25, 0.3) is 11.6 Å². The number of aromatic nitrogens is 1. The molecule has 170 valence electrons. The Bertz CT molecular complexity index is 1170. The Labute approximate surface area is 189 Å². The Morgan fingerprint density at radius 2 is 1.85 bits per heavy atom. The molecule has 3 aromatic rings. The third-order valence-electron chi connectivity index (χ3n) is 5.53. The summed E-state index contributed by atoms with van der Waals surface area (Å²) in [5.74, 6) is 0.257. The van der Waals surface area contributed by atoms with Crippen molar-refractivity contribution in [2.75, 3.05) is 23.7 Å². The van der Waals surface area contributed by atoms with Crippen LogP contribution in [-0.4, -0.2) is 39.9 Å². The minimum atomic E-state index is -0.510. The molecule has 0 radical (unpaired) electrons. The first-order valence-electron chi connectivity index (χ1n) is 10.5. The number of hydrogen-bond donors (Lipinski definition) is 2. The van der Waals surface area contributed by atoms with Crippen molar-refractivity contribution in [1.82, 2.24) is 10.1 Å². The van der Waals surface area contributed by atoms with E-state index in [2.05, 4.69) is 15.8 Å². The van der Waals surface area contributed by atoms with Gasteiger partial charge in [-0.25, -0.2) is 0 Å². The summed E-state index contributed by atoms with van der Waals surface area (Å²) >= 11 is 0. The summed E-state index contributed by atoms with van der Waals surface area (Å²) in [7, 11) is 0. The standard InChI is InChI=1S/C23H23N5O5/c1-15-13-21(26-33-15)25-22(29)16-9-11-27(12-10-16)23(30)17-7-8-19(20(14-17)28(31)32)24-18-5-3-2-4-6-18/h2-8,13-14,16,24H,9-12H2,1H3,(H,25,26,29).